The second-order valence-electron chi connectivity index (χ2n) is 8.82. The molecule has 2 amide bonds. The van der Waals surface area contributed by atoms with Gasteiger partial charge in [-0.1, -0.05) is 11.6 Å². The van der Waals surface area contributed by atoms with Crippen molar-refractivity contribution in [2.45, 2.75) is 12.5 Å². The first-order valence-electron chi connectivity index (χ1n) is 12.0. The van der Waals surface area contributed by atoms with E-state index < -0.39 is 0 Å². The van der Waals surface area contributed by atoms with Crippen LogP contribution in [0.1, 0.15) is 21.5 Å². The monoisotopic (exact) mass is 519 g/mol. The van der Waals surface area contributed by atoms with Crippen molar-refractivity contribution in [3.63, 3.8) is 0 Å². The fourth-order valence-corrected chi connectivity index (χ4v) is 4.53. The van der Waals surface area contributed by atoms with Crippen LogP contribution in [0, 0.1) is 0 Å². The van der Waals surface area contributed by atoms with Crippen LogP contribution in [0.4, 0.5) is 5.82 Å². The molecule has 4 heterocycles. The highest BCUT2D eigenvalue weighted by molar-refractivity contribution is 6.32. The zero-order valence-electron chi connectivity index (χ0n) is 20.0. The molecule has 190 valence electrons. The Morgan fingerprint density at radius 1 is 1.14 bits per heavy atom. The van der Waals surface area contributed by atoms with Gasteiger partial charge in [-0.05, 0) is 48.0 Å². The molecule has 1 saturated heterocycles. The minimum atomic E-state index is -0.237. The van der Waals surface area contributed by atoms with Gasteiger partial charge in [-0.3, -0.25) is 14.6 Å². The zero-order chi connectivity index (χ0) is 25.8. The predicted molar refractivity (Wildman–Crippen MR) is 140 cm³/mol. The van der Waals surface area contributed by atoms with Gasteiger partial charge in [0.15, 0.2) is 0 Å². The Morgan fingerprint density at radius 2 is 1.97 bits per heavy atom. The second kappa shape index (κ2) is 11.0. The number of benzene rings is 1. The first-order valence-corrected chi connectivity index (χ1v) is 12.3. The van der Waals surface area contributed by atoms with Gasteiger partial charge in [-0.15, -0.1) is 0 Å². The normalized spacial score (nSPS) is 16.9. The van der Waals surface area contributed by atoms with Crippen LogP contribution >= 0.6 is 11.6 Å². The zero-order valence-corrected chi connectivity index (χ0v) is 20.8. The van der Waals surface area contributed by atoms with E-state index >= 15 is 0 Å². The largest absolute Gasteiger partial charge is 0.486 e. The molecule has 5 rings (SSSR count). The third-order valence-electron chi connectivity index (χ3n) is 6.20. The number of nitrogens with one attached hydrogen (secondary N) is 1. The maximum absolute atomic E-state index is 12.7. The van der Waals surface area contributed by atoms with Crippen molar-refractivity contribution in [2.24, 2.45) is 0 Å². The number of nitrogens with two attached hydrogens (primary N) is 1. The van der Waals surface area contributed by atoms with E-state index in [0.717, 1.165) is 16.7 Å². The number of aromatic nitrogens is 2. The van der Waals surface area contributed by atoms with Crippen LogP contribution < -0.4 is 15.8 Å². The number of ether oxygens (including phenoxy) is 2. The van der Waals surface area contributed by atoms with Crippen molar-refractivity contribution in [3.8, 4) is 17.0 Å². The van der Waals surface area contributed by atoms with Gasteiger partial charge in [0.1, 0.15) is 17.7 Å². The predicted octanol–water partition coefficient (Wildman–Crippen LogP) is 2.98. The number of amides is 2. The Kier molecular flexibility index (Phi) is 7.34. The molecule has 0 radical (unpaired) electrons. The van der Waals surface area contributed by atoms with E-state index in [0.29, 0.717) is 67.1 Å². The number of nitrogen functional groups attached to an aromatic ring is 1. The van der Waals surface area contributed by atoms with E-state index in [9.17, 15) is 9.59 Å². The summed E-state index contributed by atoms with van der Waals surface area (Å²) in [5.74, 6) is 0.756. The molecule has 1 fully saturated rings. The van der Waals surface area contributed by atoms with Crippen molar-refractivity contribution in [1.29, 1.82) is 0 Å². The number of hydrogen-bond donors (Lipinski definition) is 2. The number of carbonyl (C=O) groups is 2. The topological polar surface area (TPSA) is 120 Å². The van der Waals surface area contributed by atoms with Crippen LogP contribution in [0.5, 0.6) is 5.75 Å². The molecule has 2 aliphatic heterocycles. The van der Waals surface area contributed by atoms with Gasteiger partial charge in [0.05, 0.1) is 36.0 Å². The van der Waals surface area contributed by atoms with Gasteiger partial charge in [0.25, 0.3) is 5.91 Å². The maximum atomic E-state index is 12.7. The Labute approximate surface area is 219 Å². The third kappa shape index (κ3) is 5.90. The minimum Gasteiger partial charge on any atom is -0.486 e. The summed E-state index contributed by atoms with van der Waals surface area (Å²) in [6, 6.07) is 10.9. The number of fused-ring (bicyclic) bond motifs is 1. The van der Waals surface area contributed by atoms with E-state index in [4.69, 9.17) is 26.8 Å². The lowest BCUT2D eigenvalue weighted by Gasteiger charge is -2.26. The second-order valence-corrected chi connectivity index (χ2v) is 9.23. The standard InChI is InChI=1S/C27H26ClN5O4/c28-22-13-19(23-4-3-18(15-30-23)27(35)33-7-9-36-10-8-33)11-20-12-21(37-26(20)22)16-32-25(34)6-2-17-1-5-24(29)31-14-17/h1-6,11,13-15,21H,7-10,12,16H2,(H2,29,31)(H,32,34)/b6-2+. The Bertz CT molecular complexity index is 1320. The van der Waals surface area contributed by atoms with Gasteiger partial charge in [0, 0.05) is 49.1 Å². The average molecular weight is 520 g/mol. The molecule has 10 heteroatoms. The van der Waals surface area contributed by atoms with Gasteiger partial charge < -0.3 is 25.4 Å². The quantitative estimate of drug-likeness (QED) is 0.480. The molecule has 1 unspecified atom stereocenters. The highest BCUT2D eigenvalue weighted by atomic mass is 35.5. The number of morpholine rings is 1. The van der Waals surface area contributed by atoms with Crippen LogP contribution in [-0.2, 0) is 16.0 Å². The molecule has 1 aromatic carbocycles. The summed E-state index contributed by atoms with van der Waals surface area (Å²) in [5.41, 5.74) is 9.38. The van der Waals surface area contributed by atoms with E-state index in [1.165, 1.54) is 6.08 Å². The SMILES string of the molecule is Nc1ccc(/C=C/C(=O)NCC2Cc3cc(-c4ccc(C(=O)N5CCOCC5)cn4)cc(Cl)c3O2)cn1. The van der Waals surface area contributed by atoms with Gasteiger partial charge in [0.2, 0.25) is 5.91 Å². The van der Waals surface area contributed by atoms with Crippen molar-refractivity contribution in [3.05, 3.63) is 76.6 Å². The van der Waals surface area contributed by atoms with E-state index in [1.807, 2.05) is 12.1 Å². The lowest BCUT2D eigenvalue weighted by molar-refractivity contribution is -0.116. The molecule has 0 bridgehead atoms. The number of nitrogens with zero attached hydrogens (tertiary/aromatic N) is 3. The fourth-order valence-electron chi connectivity index (χ4n) is 4.25. The van der Waals surface area contributed by atoms with Crippen molar-refractivity contribution in [1.82, 2.24) is 20.2 Å². The van der Waals surface area contributed by atoms with E-state index in [2.05, 4.69) is 15.3 Å². The minimum absolute atomic E-state index is 0.0485. The van der Waals surface area contributed by atoms with E-state index in [1.54, 1.807) is 47.6 Å². The number of anilines is 1. The summed E-state index contributed by atoms with van der Waals surface area (Å²) in [7, 11) is 0. The summed E-state index contributed by atoms with van der Waals surface area (Å²) >= 11 is 6.53. The molecule has 0 spiro atoms. The molecule has 3 aromatic rings. The highest BCUT2D eigenvalue weighted by Crippen LogP contribution is 2.39. The van der Waals surface area contributed by atoms with Crippen molar-refractivity contribution < 1.29 is 19.1 Å². The fraction of sp³-hybridized carbons (Fsp3) is 0.259. The lowest BCUT2D eigenvalue weighted by Crippen LogP contribution is -2.40. The van der Waals surface area contributed by atoms with Gasteiger partial charge in [-0.2, -0.15) is 0 Å². The van der Waals surface area contributed by atoms with Crippen molar-refractivity contribution >= 4 is 35.3 Å². The van der Waals surface area contributed by atoms with Crippen LogP contribution in [-0.4, -0.2) is 65.6 Å². The molecule has 37 heavy (non-hydrogen) atoms. The summed E-state index contributed by atoms with van der Waals surface area (Å²) in [4.78, 5) is 35.2. The van der Waals surface area contributed by atoms with Crippen LogP contribution in [0.2, 0.25) is 5.02 Å². The van der Waals surface area contributed by atoms with Crippen LogP contribution in [0.3, 0.4) is 0 Å². The van der Waals surface area contributed by atoms with Gasteiger partial charge in [-0.25, -0.2) is 4.98 Å². The Balaban J connectivity index is 1.19. The van der Waals surface area contributed by atoms with Crippen molar-refractivity contribution in [2.75, 3.05) is 38.6 Å². The molecular weight excluding hydrogens is 494 g/mol. The van der Waals surface area contributed by atoms with Crippen LogP contribution in [0.25, 0.3) is 17.3 Å². The average Bonchev–Trinajstić information content (AvgIpc) is 3.35. The number of halogens is 1. The first kappa shape index (κ1) is 24.7. The molecule has 2 aliphatic rings. The molecular formula is C27H26ClN5O4. The molecule has 3 N–H and O–H groups in total. The smallest absolute Gasteiger partial charge is 0.255 e. The summed E-state index contributed by atoms with van der Waals surface area (Å²) in [6.07, 6.45) is 6.67. The Morgan fingerprint density at radius 3 is 2.70 bits per heavy atom. The van der Waals surface area contributed by atoms with Crippen LogP contribution in [0.15, 0.2) is 54.9 Å². The third-order valence-corrected chi connectivity index (χ3v) is 6.48. The molecule has 9 nitrogen and oxygen atoms in total. The number of rotatable bonds is 6. The maximum Gasteiger partial charge on any atom is 0.255 e. The molecule has 0 aliphatic carbocycles. The number of carbonyl (C=O) groups excluding carboxylic acids is 2. The molecule has 1 atom stereocenters. The lowest BCUT2D eigenvalue weighted by atomic mass is 10.0. The molecule has 2 aromatic heterocycles. The summed E-state index contributed by atoms with van der Waals surface area (Å²) < 4.78 is 11.3. The van der Waals surface area contributed by atoms with Gasteiger partial charge >= 0.3 is 0 Å². The summed E-state index contributed by atoms with van der Waals surface area (Å²) in [5, 5.41) is 3.33. The number of hydrogen-bond acceptors (Lipinski definition) is 7. The Hall–Kier alpha value is -3.95. The highest BCUT2D eigenvalue weighted by Gasteiger charge is 2.26. The van der Waals surface area contributed by atoms with E-state index in [-0.39, 0.29) is 17.9 Å². The summed E-state index contributed by atoms with van der Waals surface area (Å²) in [6.45, 7) is 2.60. The number of pyridine rings is 2. The molecule has 0 saturated carbocycles. The first-order chi connectivity index (χ1) is 18.0.